The Bertz CT molecular complexity index is 431. The first-order valence-corrected chi connectivity index (χ1v) is 5.11. The van der Waals surface area contributed by atoms with Crippen molar-refractivity contribution in [1.82, 2.24) is 4.98 Å². The Morgan fingerprint density at radius 2 is 2.23 bits per heavy atom. The van der Waals surface area contributed by atoms with Crippen LogP contribution in [0.4, 0.5) is 0 Å². The van der Waals surface area contributed by atoms with E-state index < -0.39 is 0 Å². The summed E-state index contributed by atoms with van der Waals surface area (Å²) in [5.41, 5.74) is 8.00. The number of aromatic nitrogens is 1. The summed E-state index contributed by atoms with van der Waals surface area (Å²) in [7, 11) is 0. The van der Waals surface area contributed by atoms with Crippen molar-refractivity contribution in [3.05, 3.63) is 28.8 Å². The molecule has 1 heterocycles. The van der Waals surface area contributed by atoms with E-state index in [9.17, 15) is 0 Å². The van der Waals surface area contributed by atoms with Crippen molar-refractivity contribution in [3.8, 4) is 0 Å². The van der Waals surface area contributed by atoms with E-state index in [0.717, 1.165) is 16.1 Å². The first-order chi connectivity index (χ1) is 6.16. The van der Waals surface area contributed by atoms with E-state index in [1.165, 1.54) is 4.70 Å². The molecule has 0 amide bonds. The lowest BCUT2D eigenvalue weighted by Gasteiger charge is -2.03. The van der Waals surface area contributed by atoms with Gasteiger partial charge in [-0.25, -0.2) is 4.98 Å². The van der Waals surface area contributed by atoms with E-state index >= 15 is 0 Å². The van der Waals surface area contributed by atoms with E-state index in [0.29, 0.717) is 0 Å². The lowest BCUT2D eigenvalue weighted by Crippen LogP contribution is -2.04. The van der Waals surface area contributed by atoms with Gasteiger partial charge in [0.15, 0.2) is 0 Å². The zero-order valence-electron chi connectivity index (χ0n) is 7.74. The van der Waals surface area contributed by atoms with Gasteiger partial charge in [-0.15, -0.1) is 11.3 Å². The summed E-state index contributed by atoms with van der Waals surface area (Å²) in [4.78, 5) is 4.42. The van der Waals surface area contributed by atoms with E-state index in [1.54, 1.807) is 11.3 Å². The average molecular weight is 192 g/mol. The number of fused-ring (bicyclic) bond motifs is 1. The van der Waals surface area contributed by atoms with Crippen LogP contribution < -0.4 is 5.73 Å². The molecule has 1 unspecified atom stereocenters. The normalized spacial score (nSPS) is 13.5. The molecule has 1 atom stereocenters. The minimum absolute atomic E-state index is 0.0893. The fourth-order valence-corrected chi connectivity index (χ4v) is 2.15. The molecule has 0 aliphatic rings. The molecular formula is C10H12N2S. The van der Waals surface area contributed by atoms with Gasteiger partial charge >= 0.3 is 0 Å². The maximum Gasteiger partial charge on any atom is 0.0907 e. The van der Waals surface area contributed by atoms with Crippen LogP contribution in [0.5, 0.6) is 0 Å². The molecule has 2 nitrogen and oxygen atoms in total. The molecule has 0 bridgehead atoms. The monoisotopic (exact) mass is 192 g/mol. The van der Waals surface area contributed by atoms with E-state index in [-0.39, 0.29) is 6.04 Å². The van der Waals surface area contributed by atoms with Gasteiger partial charge in [-0.3, -0.25) is 0 Å². The van der Waals surface area contributed by atoms with Crippen LogP contribution in [0.25, 0.3) is 10.2 Å². The highest BCUT2D eigenvalue weighted by atomic mass is 32.1. The predicted octanol–water partition coefficient (Wildman–Crippen LogP) is 2.62. The molecule has 1 aromatic carbocycles. The fraction of sp³-hybridized carbons (Fsp3) is 0.300. The van der Waals surface area contributed by atoms with Crippen LogP contribution in [0, 0.1) is 6.92 Å². The third-order valence-electron chi connectivity index (χ3n) is 2.04. The van der Waals surface area contributed by atoms with Crippen molar-refractivity contribution in [2.45, 2.75) is 19.9 Å². The molecule has 2 aromatic rings. The van der Waals surface area contributed by atoms with Crippen LogP contribution in [0.1, 0.15) is 23.5 Å². The van der Waals surface area contributed by atoms with Crippen molar-refractivity contribution >= 4 is 21.6 Å². The molecule has 0 aliphatic heterocycles. The van der Waals surface area contributed by atoms with Gasteiger partial charge in [0.25, 0.3) is 0 Å². The lowest BCUT2D eigenvalue weighted by atomic mass is 10.1. The highest BCUT2D eigenvalue weighted by molar-refractivity contribution is 7.18. The molecule has 0 spiro atoms. The minimum Gasteiger partial charge on any atom is -0.324 e. The maximum absolute atomic E-state index is 5.79. The molecule has 68 valence electrons. The molecule has 0 saturated carbocycles. The molecule has 2 N–H and O–H groups in total. The summed E-state index contributed by atoms with van der Waals surface area (Å²) in [5, 5.41) is 1.11. The van der Waals surface area contributed by atoms with Crippen LogP contribution in [0.15, 0.2) is 18.2 Å². The molecule has 0 saturated heterocycles. The summed E-state index contributed by atoms with van der Waals surface area (Å²) in [6.45, 7) is 4.01. The van der Waals surface area contributed by atoms with E-state index in [1.807, 2.05) is 13.8 Å². The number of nitrogens with zero attached hydrogens (tertiary/aromatic N) is 1. The van der Waals surface area contributed by atoms with Gasteiger partial charge in [0.1, 0.15) is 0 Å². The van der Waals surface area contributed by atoms with Crippen LogP contribution in [-0.4, -0.2) is 4.98 Å². The first-order valence-electron chi connectivity index (χ1n) is 4.29. The summed E-state index contributed by atoms with van der Waals surface area (Å²) in [6.07, 6.45) is 0. The number of rotatable bonds is 1. The van der Waals surface area contributed by atoms with Gasteiger partial charge < -0.3 is 5.73 Å². The molecule has 1 aromatic heterocycles. The Balaban J connectivity index is 2.61. The average Bonchev–Trinajstić information content (AvgIpc) is 2.42. The SMILES string of the molecule is Cc1nc2cc(C(C)N)ccc2s1. The van der Waals surface area contributed by atoms with Gasteiger partial charge in [-0.2, -0.15) is 0 Å². The molecule has 0 aliphatic carbocycles. The molecule has 0 fully saturated rings. The van der Waals surface area contributed by atoms with Gasteiger partial charge in [0.05, 0.1) is 15.2 Å². The second kappa shape index (κ2) is 3.09. The number of aryl methyl sites for hydroxylation is 1. The lowest BCUT2D eigenvalue weighted by molar-refractivity contribution is 0.819. The number of benzene rings is 1. The van der Waals surface area contributed by atoms with Gasteiger partial charge in [0, 0.05) is 6.04 Å². The van der Waals surface area contributed by atoms with Crippen molar-refractivity contribution < 1.29 is 0 Å². The predicted molar refractivity (Wildman–Crippen MR) is 57.0 cm³/mol. The molecular weight excluding hydrogens is 180 g/mol. The van der Waals surface area contributed by atoms with Gasteiger partial charge in [0.2, 0.25) is 0 Å². The summed E-state index contributed by atoms with van der Waals surface area (Å²) in [5.74, 6) is 0. The molecule has 3 heteroatoms. The Morgan fingerprint density at radius 1 is 1.46 bits per heavy atom. The van der Waals surface area contributed by atoms with Crippen LogP contribution in [0.3, 0.4) is 0 Å². The van der Waals surface area contributed by atoms with Crippen LogP contribution in [-0.2, 0) is 0 Å². The van der Waals surface area contributed by atoms with Gasteiger partial charge in [-0.1, -0.05) is 6.07 Å². The number of nitrogens with two attached hydrogens (primary N) is 1. The molecule has 13 heavy (non-hydrogen) atoms. The Labute approximate surface area is 81.4 Å². The number of hydrogen-bond acceptors (Lipinski definition) is 3. The Hall–Kier alpha value is -0.930. The van der Waals surface area contributed by atoms with Crippen molar-refractivity contribution in [1.29, 1.82) is 0 Å². The number of thiazole rings is 1. The largest absolute Gasteiger partial charge is 0.324 e. The summed E-state index contributed by atoms with van der Waals surface area (Å²) >= 11 is 1.72. The van der Waals surface area contributed by atoms with Crippen molar-refractivity contribution in [3.63, 3.8) is 0 Å². The zero-order valence-corrected chi connectivity index (χ0v) is 8.56. The highest BCUT2D eigenvalue weighted by Gasteiger charge is 2.03. The third-order valence-corrected chi connectivity index (χ3v) is 3.00. The first kappa shape index (κ1) is 8.66. The number of hydrogen-bond donors (Lipinski definition) is 1. The Kier molecular flexibility index (Phi) is 2.06. The fourth-order valence-electron chi connectivity index (χ4n) is 1.34. The summed E-state index contributed by atoms with van der Waals surface area (Å²) in [6, 6.07) is 6.33. The smallest absolute Gasteiger partial charge is 0.0907 e. The topological polar surface area (TPSA) is 38.9 Å². The highest BCUT2D eigenvalue weighted by Crippen LogP contribution is 2.23. The van der Waals surface area contributed by atoms with Crippen molar-refractivity contribution in [2.75, 3.05) is 0 Å². The maximum atomic E-state index is 5.79. The van der Waals surface area contributed by atoms with Crippen LogP contribution >= 0.6 is 11.3 Å². The van der Waals surface area contributed by atoms with Crippen LogP contribution in [0.2, 0.25) is 0 Å². The summed E-state index contributed by atoms with van der Waals surface area (Å²) < 4.78 is 1.24. The minimum atomic E-state index is 0.0893. The third kappa shape index (κ3) is 1.57. The second-order valence-corrected chi connectivity index (χ2v) is 4.48. The molecule has 2 rings (SSSR count). The molecule has 0 radical (unpaired) electrons. The Morgan fingerprint density at radius 3 is 2.92 bits per heavy atom. The van der Waals surface area contributed by atoms with Gasteiger partial charge in [-0.05, 0) is 31.5 Å². The van der Waals surface area contributed by atoms with Crippen molar-refractivity contribution in [2.24, 2.45) is 5.73 Å². The van der Waals surface area contributed by atoms with E-state index in [2.05, 4.69) is 23.2 Å². The van der Waals surface area contributed by atoms with E-state index in [4.69, 9.17) is 5.73 Å². The second-order valence-electron chi connectivity index (χ2n) is 3.25. The zero-order chi connectivity index (χ0) is 9.42. The quantitative estimate of drug-likeness (QED) is 0.754. The standard InChI is InChI=1S/C10H12N2S/c1-6(11)8-3-4-10-9(5-8)12-7(2)13-10/h3-6H,11H2,1-2H3.